The molecule has 0 aliphatic heterocycles. The maximum atomic E-state index is 12.6. The summed E-state index contributed by atoms with van der Waals surface area (Å²) in [5, 5.41) is 5.42. The first-order valence-electron chi connectivity index (χ1n) is 11.4. The SMILES string of the molecule is Cc1ccc(-c2ccccc2)n1-c1ccc(C(=O)N/N=C/c2cc(Br)c(Sc3ccc(Cl)cc3)o2)cc1. The van der Waals surface area contributed by atoms with Crippen LogP contribution in [0, 0.1) is 6.92 Å². The van der Waals surface area contributed by atoms with Gasteiger partial charge in [-0.3, -0.25) is 4.79 Å². The molecule has 3 aromatic carbocycles. The minimum absolute atomic E-state index is 0.309. The summed E-state index contributed by atoms with van der Waals surface area (Å²) in [6, 6.07) is 31.1. The number of hydrogen-bond acceptors (Lipinski definition) is 4. The molecular weight excluding hydrogens is 570 g/mol. The highest BCUT2D eigenvalue weighted by atomic mass is 79.9. The van der Waals surface area contributed by atoms with Crippen molar-refractivity contribution in [2.24, 2.45) is 5.10 Å². The number of hydrogen-bond donors (Lipinski definition) is 1. The molecule has 0 spiro atoms. The van der Waals surface area contributed by atoms with Crippen molar-refractivity contribution in [3.8, 4) is 16.9 Å². The molecule has 0 fully saturated rings. The number of amides is 1. The average Bonchev–Trinajstić information content (AvgIpc) is 3.47. The van der Waals surface area contributed by atoms with E-state index in [4.69, 9.17) is 16.0 Å². The van der Waals surface area contributed by atoms with E-state index < -0.39 is 0 Å². The fourth-order valence-corrected chi connectivity index (χ4v) is 5.26. The summed E-state index contributed by atoms with van der Waals surface area (Å²) >= 11 is 10.9. The molecule has 0 radical (unpaired) electrons. The van der Waals surface area contributed by atoms with Crippen LogP contribution < -0.4 is 5.43 Å². The maximum Gasteiger partial charge on any atom is 0.271 e. The number of halogens is 2. The number of aromatic nitrogens is 1. The zero-order valence-corrected chi connectivity index (χ0v) is 22.8. The molecule has 8 heteroatoms. The molecule has 2 heterocycles. The number of carbonyl (C=O) groups excluding carboxylic acids is 1. The topological polar surface area (TPSA) is 59.5 Å². The van der Waals surface area contributed by atoms with Gasteiger partial charge in [-0.05, 0) is 89.1 Å². The molecule has 5 rings (SSSR count). The monoisotopic (exact) mass is 589 g/mol. The molecule has 0 saturated carbocycles. The molecule has 5 nitrogen and oxygen atoms in total. The third-order valence-electron chi connectivity index (χ3n) is 5.59. The molecule has 37 heavy (non-hydrogen) atoms. The van der Waals surface area contributed by atoms with Crippen LogP contribution in [0.5, 0.6) is 0 Å². The van der Waals surface area contributed by atoms with Crippen LogP contribution in [-0.2, 0) is 0 Å². The number of nitrogens with one attached hydrogen (secondary N) is 1. The Hall–Kier alpha value is -3.52. The second-order valence-corrected chi connectivity index (χ2v) is 10.5. The van der Waals surface area contributed by atoms with Gasteiger partial charge in [-0.25, -0.2) is 5.43 Å². The Morgan fingerprint density at radius 3 is 2.46 bits per heavy atom. The Morgan fingerprint density at radius 1 is 1.00 bits per heavy atom. The summed E-state index contributed by atoms with van der Waals surface area (Å²) in [5.74, 6) is 0.201. The second kappa shape index (κ2) is 11.3. The van der Waals surface area contributed by atoms with Crippen molar-refractivity contribution < 1.29 is 9.21 Å². The highest BCUT2D eigenvalue weighted by Gasteiger charge is 2.12. The summed E-state index contributed by atoms with van der Waals surface area (Å²) in [6.45, 7) is 2.06. The van der Waals surface area contributed by atoms with E-state index in [9.17, 15) is 4.79 Å². The summed E-state index contributed by atoms with van der Waals surface area (Å²) in [7, 11) is 0. The van der Waals surface area contributed by atoms with Gasteiger partial charge >= 0.3 is 0 Å². The van der Waals surface area contributed by atoms with E-state index >= 15 is 0 Å². The van der Waals surface area contributed by atoms with E-state index in [2.05, 4.69) is 62.2 Å². The van der Waals surface area contributed by atoms with Crippen molar-refractivity contribution in [3.05, 3.63) is 124 Å². The molecule has 0 aliphatic carbocycles. The van der Waals surface area contributed by atoms with Gasteiger partial charge in [-0.15, -0.1) is 0 Å². The van der Waals surface area contributed by atoms with Gasteiger partial charge in [-0.1, -0.05) is 53.7 Å². The fraction of sp³-hybridized carbons (Fsp3) is 0.0345. The van der Waals surface area contributed by atoms with Crippen molar-refractivity contribution in [2.45, 2.75) is 16.9 Å². The Labute approximate surface area is 232 Å². The standard InChI is InChI=1S/C29H21BrClN3O2S/c1-19-7-16-27(20-5-3-2-4-6-20)34(19)23-12-8-21(9-13-23)28(35)33-32-18-24-17-26(30)29(36-24)37-25-14-10-22(31)11-15-25/h2-18H,1H3,(H,33,35)/b32-18+. The fourth-order valence-electron chi connectivity index (χ4n) is 3.81. The Kier molecular flexibility index (Phi) is 7.65. The van der Waals surface area contributed by atoms with Gasteiger partial charge in [0.1, 0.15) is 5.76 Å². The molecule has 184 valence electrons. The lowest BCUT2D eigenvalue weighted by Crippen LogP contribution is -2.17. The van der Waals surface area contributed by atoms with Gasteiger partial charge in [0.25, 0.3) is 5.91 Å². The Morgan fingerprint density at radius 2 is 1.73 bits per heavy atom. The minimum Gasteiger partial charge on any atom is -0.447 e. The highest BCUT2D eigenvalue weighted by molar-refractivity contribution is 9.10. The summed E-state index contributed by atoms with van der Waals surface area (Å²) in [6.07, 6.45) is 1.47. The van der Waals surface area contributed by atoms with E-state index in [-0.39, 0.29) is 5.91 Å². The summed E-state index contributed by atoms with van der Waals surface area (Å²) in [4.78, 5) is 13.6. The van der Waals surface area contributed by atoms with Crippen molar-refractivity contribution in [1.29, 1.82) is 0 Å². The normalized spacial score (nSPS) is 11.2. The first-order valence-corrected chi connectivity index (χ1v) is 13.4. The van der Waals surface area contributed by atoms with E-state index in [1.807, 2.05) is 54.6 Å². The minimum atomic E-state index is -0.309. The van der Waals surface area contributed by atoms with Crippen LogP contribution in [0.2, 0.25) is 5.02 Å². The van der Waals surface area contributed by atoms with Crippen LogP contribution in [-0.4, -0.2) is 16.7 Å². The highest BCUT2D eigenvalue weighted by Crippen LogP contribution is 2.36. The van der Waals surface area contributed by atoms with Crippen LogP contribution in [0.1, 0.15) is 21.8 Å². The molecule has 1 N–H and O–H groups in total. The molecule has 2 aromatic heterocycles. The molecule has 0 atom stereocenters. The number of hydrazone groups is 1. The van der Waals surface area contributed by atoms with Gasteiger partial charge < -0.3 is 8.98 Å². The number of nitrogens with zero attached hydrogens (tertiary/aromatic N) is 2. The smallest absolute Gasteiger partial charge is 0.271 e. The van der Waals surface area contributed by atoms with E-state index in [0.29, 0.717) is 21.4 Å². The zero-order valence-electron chi connectivity index (χ0n) is 19.7. The van der Waals surface area contributed by atoms with Crippen molar-refractivity contribution in [2.75, 3.05) is 0 Å². The van der Waals surface area contributed by atoms with Crippen molar-refractivity contribution in [3.63, 3.8) is 0 Å². The van der Waals surface area contributed by atoms with Gasteiger partial charge in [-0.2, -0.15) is 5.10 Å². The average molecular weight is 591 g/mol. The second-order valence-electron chi connectivity index (χ2n) is 8.15. The first kappa shape index (κ1) is 25.1. The van der Waals surface area contributed by atoms with Crippen molar-refractivity contribution >= 4 is 51.4 Å². The lowest BCUT2D eigenvalue weighted by molar-refractivity contribution is 0.0955. The van der Waals surface area contributed by atoms with Crippen LogP contribution in [0.15, 0.2) is 121 Å². The van der Waals surface area contributed by atoms with E-state index in [1.54, 1.807) is 18.2 Å². The lowest BCUT2D eigenvalue weighted by Gasteiger charge is -2.12. The largest absolute Gasteiger partial charge is 0.447 e. The van der Waals surface area contributed by atoms with Crippen LogP contribution in [0.3, 0.4) is 0 Å². The third-order valence-corrected chi connectivity index (χ3v) is 7.69. The molecule has 0 saturated heterocycles. The Balaban J connectivity index is 1.25. The quantitative estimate of drug-likeness (QED) is 0.153. The van der Waals surface area contributed by atoms with Crippen LogP contribution in [0.4, 0.5) is 0 Å². The van der Waals surface area contributed by atoms with E-state index in [1.165, 1.54) is 18.0 Å². The molecule has 0 aliphatic rings. The summed E-state index contributed by atoms with van der Waals surface area (Å²) < 4.78 is 8.80. The van der Waals surface area contributed by atoms with Gasteiger partial charge in [0.2, 0.25) is 0 Å². The predicted molar refractivity (Wildman–Crippen MR) is 153 cm³/mol. The number of furan rings is 1. The summed E-state index contributed by atoms with van der Waals surface area (Å²) in [5.41, 5.74) is 7.38. The predicted octanol–water partition coefficient (Wildman–Crippen LogP) is 8.38. The molecule has 5 aromatic rings. The maximum absolute atomic E-state index is 12.6. The van der Waals surface area contributed by atoms with Crippen LogP contribution >= 0.6 is 39.3 Å². The molecular formula is C29H21BrClN3O2S. The van der Waals surface area contributed by atoms with Crippen LogP contribution in [0.25, 0.3) is 16.9 Å². The zero-order chi connectivity index (χ0) is 25.8. The number of rotatable bonds is 7. The molecule has 1 amide bonds. The molecule has 0 unspecified atom stereocenters. The lowest BCUT2D eigenvalue weighted by atomic mass is 10.1. The third kappa shape index (κ3) is 5.91. The number of aryl methyl sites for hydroxylation is 1. The number of benzene rings is 3. The molecule has 0 bridgehead atoms. The van der Waals surface area contributed by atoms with Gasteiger partial charge in [0, 0.05) is 32.9 Å². The Bertz CT molecular complexity index is 1560. The van der Waals surface area contributed by atoms with Gasteiger partial charge in [0.15, 0.2) is 5.09 Å². The van der Waals surface area contributed by atoms with Crippen molar-refractivity contribution in [1.82, 2.24) is 9.99 Å². The van der Waals surface area contributed by atoms with Gasteiger partial charge in [0.05, 0.1) is 16.4 Å². The first-order chi connectivity index (χ1) is 18.0. The van der Waals surface area contributed by atoms with E-state index in [0.717, 1.165) is 32.0 Å². The number of carbonyl (C=O) groups is 1.